The molecule has 0 bridgehead atoms. The fourth-order valence-electron chi connectivity index (χ4n) is 2.74. The van der Waals surface area contributed by atoms with E-state index in [2.05, 4.69) is 30.8 Å². The van der Waals surface area contributed by atoms with Crippen molar-refractivity contribution in [2.75, 3.05) is 18.0 Å². The number of halogens is 1. The first-order chi connectivity index (χ1) is 10.1. The molecule has 1 fully saturated rings. The lowest BCUT2D eigenvalue weighted by atomic mass is 10.1. The van der Waals surface area contributed by atoms with Gasteiger partial charge in [-0.25, -0.2) is 9.78 Å². The van der Waals surface area contributed by atoms with Gasteiger partial charge in [0, 0.05) is 31.5 Å². The summed E-state index contributed by atoms with van der Waals surface area (Å²) in [5.74, 6) is 0.375. The number of hydrogen-bond acceptors (Lipinski definition) is 5. The van der Waals surface area contributed by atoms with Crippen LogP contribution in [0.3, 0.4) is 0 Å². The number of H-pyrrole nitrogens is 1. The van der Waals surface area contributed by atoms with Crippen LogP contribution in [0.25, 0.3) is 11.0 Å². The van der Waals surface area contributed by atoms with Crippen molar-refractivity contribution in [2.45, 2.75) is 18.9 Å². The van der Waals surface area contributed by atoms with Crippen LogP contribution >= 0.6 is 15.9 Å². The number of aromatic amines is 1. The number of piperidine rings is 1. The van der Waals surface area contributed by atoms with Gasteiger partial charge < -0.3 is 26.1 Å². The second-order valence-corrected chi connectivity index (χ2v) is 5.96. The quantitative estimate of drug-likeness (QED) is 0.761. The monoisotopic (exact) mass is 353 g/mol. The normalized spacial score (nSPS) is 19.0. The second-order valence-electron chi connectivity index (χ2n) is 5.10. The Kier molecular flexibility index (Phi) is 3.73. The molecule has 7 nitrogen and oxygen atoms in total. The van der Waals surface area contributed by atoms with Crippen LogP contribution in [0.1, 0.15) is 12.8 Å². The summed E-state index contributed by atoms with van der Waals surface area (Å²) in [5, 5.41) is 0.734. The zero-order chi connectivity index (χ0) is 15.0. The Hall–Kier alpha value is -1.80. The Morgan fingerprint density at radius 1 is 1.57 bits per heavy atom. The molecule has 0 saturated carbocycles. The molecule has 2 aromatic rings. The third-order valence-electron chi connectivity index (χ3n) is 3.58. The lowest BCUT2D eigenvalue weighted by molar-refractivity contribution is 0.211. The fraction of sp³-hybridized carbons (Fsp3) is 0.385. The maximum absolute atomic E-state index is 11.1. The van der Waals surface area contributed by atoms with Crippen molar-refractivity contribution >= 4 is 38.7 Å². The van der Waals surface area contributed by atoms with Crippen molar-refractivity contribution in [2.24, 2.45) is 11.5 Å². The Labute approximate surface area is 129 Å². The first-order valence-corrected chi connectivity index (χ1v) is 7.49. The number of nitrogens with one attached hydrogen (secondary N) is 1. The smallest absolute Gasteiger partial charge is 0.408 e. The molecule has 0 radical (unpaired) electrons. The van der Waals surface area contributed by atoms with E-state index in [1.165, 1.54) is 0 Å². The molecular weight excluding hydrogens is 338 g/mol. The van der Waals surface area contributed by atoms with E-state index in [1.54, 1.807) is 12.4 Å². The molecule has 1 amide bonds. The Morgan fingerprint density at radius 3 is 3.10 bits per heavy atom. The lowest BCUT2D eigenvalue weighted by Crippen LogP contribution is -2.43. The molecule has 1 aliphatic heterocycles. The number of nitrogens with two attached hydrogens (primary N) is 2. The number of aromatic nitrogens is 2. The van der Waals surface area contributed by atoms with Crippen LogP contribution in [0.5, 0.6) is 5.75 Å². The Bertz CT molecular complexity index is 686. The molecule has 112 valence electrons. The van der Waals surface area contributed by atoms with Crippen LogP contribution in [-0.2, 0) is 0 Å². The van der Waals surface area contributed by atoms with Gasteiger partial charge in [-0.3, -0.25) is 0 Å². The highest BCUT2D eigenvalue weighted by Crippen LogP contribution is 2.39. The molecule has 0 spiro atoms. The molecule has 0 aromatic carbocycles. The van der Waals surface area contributed by atoms with Crippen LogP contribution < -0.4 is 21.1 Å². The van der Waals surface area contributed by atoms with E-state index >= 15 is 0 Å². The lowest BCUT2D eigenvalue weighted by Gasteiger charge is -2.33. The minimum atomic E-state index is -0.850. The maximum Gasteiger partial charge on any atom is 0.410 e. The van der Waals surface area contributed by atoms with Gasteiger partial charge >= 0.3 is 6.09 Å². The van der Waals surface area contributed by atoms with Crippen molar-refractivity contribution in [1.29, 1.82) is 0 Å². The van der Waals surface area contributed by atoms with E-state index < -0.39 is 6.09 Å². The van der Waals surface area contributed by atoms with Crippen molar-refractivity contribution in [3.63, 3.8) is 0 Å². The molecule has 0 aliphatic carbocycles. The zero-order valence-corrected chi connectivity index (χ0v) is 12.9. The second kappa shape index (κ2) is 5.53. The van der Waals surface area contributed by atoms with Gasteiger partial charge in [-0.2, -0.15) is 0 Å². The van der Waals surface area contributed by atoms with Crippen LogP contribution in [0.4, 0.5) is 10.5 Å². The first-order valence-electron chi connectivity index (χ1n) is 6.69. The van der Waals surface area contributed by atoms with E-state index in [4.69, 9.17) is 16.2 Å². The Morgan fingerprint density at radius 2 is 2.38 bits per heavy atom. The minimum absolute atomic E-state index is 0.133. The number of hydrogen-bond donors (Lipinski definition) is 3. The van der Waals surface area contributed by atoms with Gasteiger partial charge in [-0.1, -0.05) is 0 Å². The van der Waals surface area contributed by atoms with E-state index in [0.29, 0.717) is 11.4 Å². The summed E-state index contributed by atoms with van der Waals surface area (Å²) in [6.07, 6.45) is 4.50. The minimum Gasteiger partial charge on any atom is -0.408 e. The number of ether oxygens (including phenoxy) is 1. The summed E-state index contributed by atoms with van der Waals surface area (Å²) >= 11 is 3.53. The maximum atomic E-state index is 11.1. The number of carbonyl (C=O) groups excluding carboxylic acids is 1. The Balaban J connectivity index is 2.12. The topological polar surface area (TPSA) is 110 Å². The number of primary amides is 1. The van der Waals surface area contributed by atoms with Gasteiger partial charge in [0.15, 0.2) is 5.75 Å². The van der Waals surface area contributed by atoms with Gasteiger partial charge in [-0.15, -0.1) is 0 Å². The predicted octanol–water partition coefficient (Wildman–Crippen LogP) is 1.71. The highest BCUT2D eigenvalue weighted by Gasteiger charge is 2.24. The first kappa shape index (κ1) is 14.2. The average Bonchev–Trinajstić information content (AvgIpc) is 2.81. The van der Waals surface area contributed by atoms with Gasteiger partial charge in [0.2, 0.25) is 0 Å². The molecule has 1 unspecified atom stereocenters. The third-order valence-corrected chi connectivity index (χ3v) is 4.16. The van der Waals surface area contributed by atoms with Gasteiger partial charge in [-0.05, 0) is 28.8 Å². The van der Waals surface area contributed by atoms with Gasteiger partial charge in [0.05, 0.1) is 15.5 Å². The summed E-state index contributed by atoms with van der Waals surface area (Å²) in [4.78, 5) is 20.5. The number of rotatable bonds is 2. The SMILES string of the molecule is NC(=O)Oc1c[nH]c2ncc(Br)c(N3CCCC(N)C3)c12. The van der Waals surface area contributed by atoms with Crippen molar-refractivity contribution in [3.8, 4) is 5.75 Å². The standard InChI is InChI=1S/C13H16BrN5O2/c14-8-4-17-12-10(9(5-18-12)21-13(16)20)11(8)19-3-1-2-7(15)6-19/h4-5,7H,1-3,6,15H2,(H2,16,20)(H,17,18). The molecule has 1 aliphatic rings. The number of amides is 1. The molecule has 8 heteroatoms. The number of anilines is 1. The number of nitrogens with zero attached hydrogens (tertiary/aromatic N) is 2. The van der Waals surface area contributed by atoms with Crippen molar-refractivity contribution in [3.05, 3.63) is 16.9 Å². The average molecular weight is 354 g/mol. The van der Waals surface area contributed by atoms with Crippen molar-refractivity contribution in [1.82, 2.24) is 9.97 Å². The summed E-state index contributed by atoms with van der Waals surface area (Å²) in [5.41, 5.74) is 12.8. The van der Waals surface area contributed by atoms with E-state index in [-0.39, 0.29) is 6.04 Å². The predicted molar refractivity (Wildman–Crippen MR) is 83.4 cm³/mol. The van der Waals surface area contributed by atoms with Crippen LogP contribution in [0.15, 0.2) is 16.9 Å². The van der Waals surface area contributed by atoms with Gasteiger partial charge in [0.1, 0.15) is 5.65 Å². The van der Waals surface area contributed by atoms with Crippen molar-refractivity contribution < 1.29 is 9.53 Å². The molecule has 3 rings (SSSR count). The summed E-state index contributed by atoms with van der Waals surface area (Å²) in [7, 11) is 0. The number of fused-ring (bicyclic) bond motifs is 1. The highest BCUT2D eigenvalue weighted by molar-refractivity contribution is 9.10. The fourth-order valence-corrected chi connectivity index (χ4v) is 3.29. The van der Waals surface area contributed by atoms with E-state index in [1.807, 2.05) is 0 Å². The molecule has 3 heterocycles. The van der Waals surface area contributed by atoms with E-state index in [9.17, 15) is 4.79 Å². The van der Waals surface area contributed by atoms with Crippen LogP contribution in [0, 0.1) is 0 Å². The summed E-state index contributed by atoms with van der Waals surface area (Å²) in [6, 6.07) is 0.133. The molecule has 2 aromatic heterocycles. The van der Waals surface area contributed by atoms with E-state index in [0.717, 1.165) is 41.5 Å². The molecule has 1 atom stereocenters. The molecule has 1 saturated heterocycles. The molecule has 21 heavy (non-hydrogen) atoms. The zero-order valence-electron chi connectivity index (χ0n) is 11.3. The van der Waals surface area contributed by atoms with Crippen LogP contribution in [-0.4, -0.2) is 35.2 Å². The van der Waals surface area contributed by atoms with Crippen LogP contribution in [0.2, 0.25) is 0 Å². The molecule has 5 N–H and O–H groups in total. The third kappa shape index (κ3) is 2.68. The number of carbonyl (C=O) groups is 1. The molecular formula is C13H16BrN5O2. The summed E-state index contributed by atoms with van der Waals surface area (Å²) in [6.45, 7) is 1.64. The number of pyridine rings is 1. The highest BCUT2D eigenvalue weighted by atomic mass is 79.9. The summed E-state index contributed by atoms with van der Waals surface area (Å²) < 4.78 is 5.90. The largest absolute Gasteiger partial charge is 0.410 e. The van der Waals surface area contributed by atoms with Gasteiger partial charge in [0.25, 0.3) is 0 Å².